The van der Waals surface area contributed by atoms with Crippen LogP contribution >= 0.6 is 0 Å². The molecule has 2 aromatic carbocycles. The summed E-state index contributed by atoms with van der Waals surface area (Å²) in [4.78, 5) is 48.2. The Morgan fingerprint density at radius 3 is 2.26 bits per heavy atom. The van der Waals surface area contributed by atoms with Crippen LogP contribution in [0.2, 0.25) is 0 Å². The Morgan fingerprint density at radius 2 is 1.63 bits per heavy atom. The van der Waals surface area contributed by atoms with Gasteiger partial charge in [-0.15, -0.1) is 0 Å². The molecule has 0 radical (unpaired) electrons. The highest BCUT2D eigenvalue weighted by Gasteiger charge is 2.47. The molecule has 11 nitrogen and oxygen atoms in total. The molecule has 0 aliphatic rings. The number of para-hydroxylation sites is 2. The second-order valence-electron chi connectivity index (χ2n) is 8.68. The molecule has 0 saturated carbocycles. The number of hydrogen-bond donors (Lipinski definition) is 2. The minimum absolute atomic E-state index is 0.0358. The Morgan fingerprint density at radius 1 is 1.00 bits per heavy atom. The van der Waals surface area contributed by atoms with E-state index in [-0.39, 0.29) is 31.7 Å². The van der Waals surface area contributed by atoms with Crippen LogP contribution in [0.15, 0.2) is 54.6 Å². The Bertz CT molecular complexity index is 1050. The number of ether oxygens (including phenoxy) is 3. The van der Waals surface area contributed by atoms with Gasteiger partial charge in [-0.1, -0.05) is 42.5 Å². The van der Waals surface area contributed by atoms with Crippen molar-refractivity contribution in [3.63, 3.8) is 0 Å². The van der Waals surface area contributed by atoms with E-state index in [1.54, 1.807) is 32.9 Å². The van der Waals surface area contributed by atoms with E-state index in [9.17, 15) is 24.5 Å². The minimum Gasteiger partial charge on any atom is -0.458 e. The number of nitrogens with one attached hydrogen (secondary N) is 1. The van der Waals surface area contributed by atoms with Crippen molar-refractivity contribution in [1.29, 1.82) is 0 Å². The summed E-state index contributed by atoms with van der Waals surface area (Å²) in [6.45, 7) is 4.91. The maximum Gasteiger partial charge on any atom is 0.407 e. The Kier molecular flexibility index (Phi) is 9.29. The second kappa shape index (κ2) is 11.9. The summed E-state index contributed by atoms with van der Waals surface area (Å²) in [7, 11) is 0. The summed E-state index contributed by atoms with van der Waals surface area (Å²) in [6.07, 6.45) is -0.862. The highest BCUT2D eigenvalue weighted by molar-refractivity contribution is 6.05. The smallest absolute Gasteiger partial charge is 0.407 e. The van der Waals surface area contributed by atoms with E-state index in [4.69, 9.17) is 19.9 Å². The van der Waals surface area contributed by atoms with Gasteiger partial charge < -0.3 is 25.3 Å². The fraction of sp³-hybridized carbons (Fsp3) is 0.375. The molecule has 0 saturated heterocycles. The van der Waals surface area contributed by atoms with E-state index in [0.717, 1.165) is 11.6 Å². The molecule has 1 atom stereocenters. The van der Waals surface area contributed by atoms with E-state index in [0.29, 0.717) is 0 Å². The van der Waals surface area contributed by atoms with Gasteiger partial charge in [0.25, 0.3) is 0 Å². The van der Waals surface area contributed by atoms with Gasteiger partial charge in [0.05, 0.1) is 4.92 Å². The lowest BCUT2D eigenvalue weighted by Crippen LogP contribution is -2.59. The predicted octanol–water partition coefficient (Wildman–Crippen LogP) is 3.25. The normalized spacial score (nSPS) is 12.7. The van der Waals surface area contributed by atoms with E-state index in [1.807, 2.05) is 18.2 Å². The van der Waals surface area contributed by atoms with E-state index < -0.39 is 39.8 Å². The molecule has 2 rings (SSSR count). The molecule has 0 aliphatic heterocycles. The first-order chi connectivity index (χ1) is 16.4. The first kappa shape index (κ1) is 27.3. The number of rotatable bonds is 10. The first-order valence-electron chi connectivity index (χ1n) is 10.8. The molecular formula is C24H29N3O8. The molecule has 35 heavy (non-hydrogen) atoms. The highest BCUT2D eigenvalue weighted by atomic mass is 16.6. The number of alkyl carbamates (subject to hydrolysis) is 1. The molecule has 0 aliphatic carbocycles. The van der Waals surface area contributed by atoms with Crippen molar-refractivity contribution in [1.82, 2.24) is 5.32 Å². The molecule has 3 N–H and O–H groups in total. The van der Waals surface area contributed by atoms with Crippen LogP contribution in [0.25, 0.3) is 0 Å². The third kappa shape index (κ3) is 8.38. The maximum absolute atomic E-state index is 12.9. The lowest BCUT2D eigenvalue weighted by Gasteiger charge is -2.29. The largest absolute Gasteiger partial charge is 0.458 e. The van der Waals surface area contributed by atoms with E-state index >= 15 is 0 Å². The number of nitro groups is 1. The summed E-state index contributed by atoms with van der Waals surface area (Å²) in [5.41, 5.74) is 3.27. The van der Waals surface area contributed by atoms with Crippen LogP contribution < -0.4 is 15.8 Å². The van der Waals surface area contributed by atoms with Crippen LogP contribution in [0.5, 0.6) is 5.75 Å². The van der Waals surface area contributed by atoms with E-state index in [1.165, 1.54) is 18.2 Å². The van der Waals surface area contributed by atoms with Crippen LogP contribution in [0.4, 0.5) is 10.5 Å². The number of nitrogens with zero attached hydrogens (tertiary/aromatic N) is 1. The Labute approximate surface area is 202 Å². The van der Waals surface area contributed by atoms with Crippen molar-refractivity contribution < 1.29 is 33.5 Å². The van der Waals surface area contributed by atoms with Gasteiger partial charge in [-0.05, 0) is 45.2 Å². The SMILES string of the molecule is CC(C)(C)OC(=O)[C@](N)(CCCNC(=O)OCc1ccccc1)C(=O)Oc1ccccc1[N+](=O)[O-]. The van der Waals surface area contributed by atoms with Gasteiger partial charge in [0.2, 0.25) is 11.3 Å². The quantitative estimate of drug-likeness (QED) is 0.128. The number of amides is 1. The van der Waals surface area contributed by atoms with E-state index in [2.05, 4.69) is 5.32 Å². The number of nitrogens with two attached hydrogens (primary N) is 1. The molecule has 0 heterocycles. The number of benzene rings is 2. The Balaban J connectivity index is 2.03. The van der Waals surface area contributed by atoms with Gasteiger partial charge in [-0.3, -0.25) is 10.1 Å². The van der Waals surface area contributed by atoms with Crippen LogP contribution in [-0.2, 0) is 25.7 Å². The molecule has 0 unspecified atom stereocenters. The number of esters is 2. The summed E-state index contributed by atoms with van der Waals surface area (Å²) in [5.74, 6) is -2.63. The lowest BCUT2D eigenvalue weighted by atomic mass is 9.94. The van der Waals surface area contributed by atoms with Gasteiger partial charge >= 0.3 is 23.7 Å². The average molecular weight is 488 g/mol. The molecule has 11 heteroatoms. The Hall–Kier alpha value is -3.99. The van der Waals surface area contributed by atoms with Gasteiger partial charge in [0.15, 0.2) is 0 Å². The lowest BCUT2D eigenvalue weighted by molar-refractivity contribution is -0.385. The topological polar surface area (TPSA) is 160 Å². The monoisotopic (exact) mass is 487 g/mol. The number of carbonyl (C=O) groups excluding carboxylic acids is 3. The van der Waals surface area contributed by atoms with Crippen molar-refractivity contribution in [2.24, 2.45) is 5.73 Å². The predicted molar refractivity (Wildman–Crippen MR) is 125 cm³/mol. The highest BCUT2D eigenvalue weighted by Crippen LogP contribution is 2.28. The van der Waals surface area contributed by atoms with Crippen molar-refractivity contribution in [3.8, 4) is 5.75 Å². The summed E-state index contributed by atoms with van der Waals surface area (Å²) in [5, 5.41) is 13.7. The summed E-state index contributed by atoms with van der Waals surface area (Å²) >= 11 is 0. The van der Waals surface area contributed by atoms with Gasteiger partial charge in [-0.25, -0.2) is 14.4 Å². The third-order valence-electron chi connectivity index (χ3n) is 4.62. The molecule has 1 amide bonds. The maximum atomic E-state index is 12.9. The van der Waals surface area contributed by atoms with Crippen molar-refractivity contribution in [3.05, 3.63) is 70.3 Å². The van der Waals surface area contributed by atoms with Crippen LogP contribution in [0.1, 0.15) is 39.2 Å². The molecule has 0 fully saturated rings. The van der Waals surface area contributed by atoms with Gasteiger partial charge in [-0.2, -0.15) is 0 Å². The molecule has 0 bridgehead atoms. The molecule has 188 valence electrons. The van der Waals surface area contributed by atoms with Gasteiger partial charge in [0, 0.05) is 12.6 Å². The third-order valence-corrected chi connectivity index (χ3v) is 4.62. The standard InChI is InChI=1S/C24H29N3O8/c1-23(2,3)35-21(29)24(25,20(28)34-19-13-8-7-12-18(19)27(31)32)14-9-15-26-22(30)33-16-17-10-5-4-6-11-17/h4-8,10-13H,9,14-16,25H2,1-3H3,(H,26,30)/t24-/m0/s1. The van der Waals surface area contributed by atoms with Crippen molar-refractivity contribution >= 4 is 23.7 Å². The van der Waals surface area contributed by atoms with Crippen LogP contribution in [0, 0.1) is 10.1 Å². The summed E-state index contributed by atoms with van der Waals surface area (Å²) < 4.78 is 15.6. The summed E-state index contributed by atoms with van der Waals surface area (Å²) in [6, 6.07) is 14.3. The number of nitro benzene ring substituents is 1. The van der Waals surface area contributed by atoms with Gasteiger partial charge in [0.1, 0.15) is 12.2 Å². The molecule has 0 aromatic heterocycles. The molecule has 0 spiro atoms. The molecular weight excluding hydrogens is 458 g/mol. The fourth-order valence-corrected chi connectivity index (χ4v) is 2.87. The average Bonchev–Trinajstić information content (AvgIpc) is 2.80. The van der Waals surface area contributed by atoms with Crippen LogP contribution in [-0.4, -0.2) is 40.6 Å². The van der Waals surface area contributed by atoms with Crippen molar-refractivity contribution in [2.75, 3.05) is 6.54 Å². The fourth-order valence-electron chi connectivity index (χ4n) is 2.87. The zero-order valence-corrected chi connectivity index (χ0v) is 19.8. The van der Waals surface area contributed by atoms with Crippen LogP contribution in [0.3, 0.4) is 0 Å². The van der Waals surface area contributed by atoms with Crippen molar-refractivity contribution in [2.45, 2.75) is 51.4 Å². The zero-order valence-electron chi connectivity index (χ0n) is 19.8. The number of hydrogen-bond acceptors (Lipinski definition) is 9. The number of carbonyl (C=O) groups is 3. The first-order valence-corrected chi connectivity index (χ1v) is 10.8. The zero-order chi connectivity index (χ0) is 26.1. The molecule has 2 aromatic rings. The minimum atomic E-state index is -2.27. The second-order valence-corrected chi connectivity index (χ2v) is 8.68.